The van der Waals surface area contributed by atoms with Gasteiger partial charge >= 0.3 is 0 Å². The third-order valence-corrected chi connectivity index (χ3v) is 2.55. The molecular weight excluding hydrogens is 216 g/mol. The Morgan fingerprint density at radius 2 is 2.18 bits per heavy atom. The predicted molar refractivity (Wildman–Crippen MR) is 68.7 cm³/mol. The predicted octanol–water partition coefficient (Wildman–Crippen LogP) is 1.03. The molecule has 0 saturated heterocycles. The van der Waals surface area contributed by atoms with Gasteiger partial charge in [-0.2, -0.15) is 0 Å². The first-order valence-corrected chi connectivity index (χ1v) is 5.84. The average molecular weight is 238 g/mol. The highest BCUT2D eigenvalue weighted by Gasteiger charge is 2.07. The SMILES string of the molecule is COCCOCC(Cc1cccc(C)c1)NN. The van der Waals surface area contributed by atoms with Crippen LogP contribution in [0.3, 0.4) is 0 Å². The van der Waals surface area contributed by atoms with Crippen molar-refractivity contribution in [2.24, 2.45) is 5.84 Å². The molecule has 0 aliphatic heterocycles. The van der Waals surface area contributed by atoms with E-state index < -0.39 is 0 Å². The molecule has 0 amide bonds. The molecule has 4 nitrogen and oxygen atoms in total. The Kier molecular flexibility index (Phi) is 6.81. The molecule has 0 saturated carbocycles. The second-order valence-corrected chi connectivity index (χ2v) is 4.12. The van der Waals surface area contributed by atoms with Crippen molar-refractivity contribution >= 4 is 0 Å². The smallest absolute Gasteiger partial charge is 0.0701 e. The highest BCUT2D eigenvalue weighted by Crippen LogP contribution is 2.06. The highest BCUT2D eigenvalue weighted by atomic mass is 16.5. The van der Waals surface area contributed by atoms with Gasteiger partial charge in [-0.15, -0.1) is 0 Å². The van der Waals surface area contributed by atoms with Gasteiger partial charge in [-0.05, 0) is 18.9 Å². The van der Waals surface area contributed by atoms with Gasteiger partial charge in [-0.25, -0.2) is 0 Å². The van der Waals surface area contributed by atoms with E-state index in [4.69, 9.17) is 15.3 Å². The maximum Gasteiger partial charge on any atom is 0.0701 e. The van der Waals surface area contributed by atoms with Crippen molar-refractivity contribution in [1.29, 1.82) is 0 Å². The summed E-state index contributed by atoms with van der Waals surface area (Å²) in [6.07, 6.45) is 0.866. The second kappa shape index (κ2) is 8.20. The van der Waals surface area contributed by atoms with Gasteiger partial charge in [-0.1, -0.05) is 29.8 Å². The Balaban J connectivity index is 2.35. The van der Waals surface area contributed by atoms with Crippen molar-refractivity contribution in [3.63, 3.8) is 0 Å². The zero-order valence-corrected chi connectivity index (χ0v) is 10.6. The molecule has 17 heavy (non-hydrogen) atoms. The summed E-state index contributed by atoms with van der Waals surface area (Å²) in [6.45, 7) is 3.89. The molecule has 96 valence electrons. The Morgan fingerprint density at radius 1 is 1.35 bits per heavy atom. The molecule has 1 aromatic rings. The average Bonchev–Trinajstić information content (AvgIpc) is 2.33. The van der Waals surface area contributed by atoms with E-state index in [-0.39, 0.29) is 6.04 Å². The zero-order chi connectivity index (χ0) is 12.5. The summed E-state index contributed by atoms with van der Waals surface area (Å²) in [5.41, 5.74) is 5.31. The van der Waals surface area contributed by atoms with E-state index >= 15 is 0 Å². The molecule has 4 heteroatoms. The summed E-state index contributed by atoms with van der Waals surface area (Å²) in [6, 6.07) is 8.55. The van der Waals surface area contributed by atoms with E-state index in [0.29, 0.717) is 19.8 Å². The fraction of sp³-hybridized carbons (Fsp3) is 0.538. The maximum absolute atomic E-state index is 5.51. The molecule has 0 fully saturated rings. The van der Waals surface area contributed by atoms with Crippen LogP contribution in [0.1, 0.15) is 11.1 Å². The van der Waals surface area contributed by atoms with Gasteiger partial charge in [0, 0.05) is 13.2 Å². The molecule has 0 spiro atoms. The molecule has 0 radical (unpaired) electrons. The van der Waals surface area contributed by atoms with Crippen molar-refractivity contribution in [2.75, 3.05) is 26.9 Å². The summed E-state index contributed by atoms with van der Waals surface area (Å²) in [4.78, 5) is 0. The number of hydrogen-bond acceptors (Lipinski definition) is 4. The Hall–Kier alpha value is -0.940. The summed E-state index contributed by atoms with van der Waals surface area (Å²) in [5.74, 6) is 5.51. The van der Waals surface area contributed by atoms with Crippen LogP contribution in [0, 0.1) is 6.92 Å². The minimum Gasteiger partial charge on any atom is -0.382 e. The van der Waals surface area contributed by atoms with Crippen LogP contribution in [-0.4, -0.2) is 33.0 Å². The molecule has 0 bridgehead atoms. The van der Waals surface area contributed by atoms with Gasteiger partial charge in [0.25, 0.3) is 0 Å². The van der Waals surface area contributed by atoms with Crippen molar-refractivity contribution in [3.05, 3.63) is 35.4 Å². The van der Waals surface area contributed by atoms with Gasteiger partial charge < -0.3 is 9.47 Å². The Morgan fingerprint density at radius 3 is 2.82 bits per heavy atom. The number of nitrogens with two attached hydrogens (primary N) is 1. The Bertz CT molecular complexity index is 318. The quantitative estimate of drug-likeness (QED) is 0.403. The van der Waals surface area contributed by atoms with Crippen molar-refractivity contribution in [2.45, 2.75) is 19.4 Å². The first-order chi connectivity index (χ1) is 8.26. The Labute approximate surface area is 103 Å². The number of benzene rings is 1. The number of aryl methyl sites for hydroxylation is 1. The van der Waals surface area contributed by atoms with Crippen LogP contribution in [0.4, 0.5) is 0 Å². The van der Waals surface area contributed by atoms with E-state index in [0.717, 1.165) is 6.42 Å². The standard InChI is InChI=1S/C13H22N2O2/c1-11-4-3-5-12(8-11)9-13(15-14)10-17-7-6-16-2/h3-5,8,13,15H,6-7,9-10,14H2,1-2H3. The largest absolute Gasteiger partial charge is 0.382 e. The van der Waals surface area contributed by atoms with Crippen molar-refractivity contribution in [3.8, 4) is 0 Å². The minimum atomic E-state index is 0.133. The molecule has 1 rings (SSSR count). The summed E-state index contributed by atoms with van der Waals surface area (Å²) < 4.78 is 10.4. The minimum absolute atomic E-state index is 0.133. The van der Waals surface area contributed by atoms with E-state index in [1.807, 2.05) is 0 Å². The summed E-state index contributed by atoms with van der Waals surface area (Å²) >= 11 is 0. The van der Waals surface area contributed by atoms with E-state index in [1.54, 1.807) is 7.11 Å². The molecule has 1 aromatic carbocycles. The highest BCUT2D eigenvalue weighted by molar-refractivity contribution is 5.22. The van der Waals surface area contributed by atoms with Gasteiger partial charge in [0.05, 0.1) is 19.8 Å². The van der Waals surface area contributed by atoms with Crippen molar-refractivity contribution in [1.82, 2.24) is 5.43 Å². The van der Waals surface area contributed by atoms with Crippen LogP contribution in [0.2, 0.25) is 0 Å². The number of ether oxygens (including phenoxy) is 2. The van der Waals surface area contributed by atoms with Crippen molar-refractivity contribution < 1.29 is 9.47 Å². The summed E-state index contributed by atoms with van der Waals surface area (Å²) in [7, 11) is 1.66. The lowest BCUT2D eigenvalue weighted by atomic mass is 10.0. The number of methoxy groups -OCH3 is 1. The van der Waals surface area contributed by atoms with E-state index in [1.165, 1.54) is 11.1 Å². The van der Waals surface area contributed by atoms with E-state index in [2.05, 4.69) is 36.6 Å². The lowest BCUT2D eigenvalue weighted by Crippen LogP contribution is -2.40. The molecule has 1 unspecified atom stereocenters. The number of hydrogen-bond donors (Lipinski definition) is 2. The first kappa shape index (κ1) is 14.1. The molecule has 3 N–H and O–H groups in total. The van der Waals surface area contributed by atoms with Crippen LogP contribution in [0.25, 0.3) is 0 Å². The van der Waals surface area contributed by atoms with Gasteiger partial charge in [-0.3, -0.25) is 11.3 Å². The maximum atomic E-state index is 5.51. The molecule has 0 heterocycles. The second-order valence-electron chi connectivity index (χ2n) is 4.12. The molecule has 1 atom stereocenters. The lowest BCUT2D eigenvalue weighted by molar-refractivity contribution is 0.0587. The topological polar surface area (TPSA) is 56.5 Å². The molecular formula is C13H22N2O2. The van der Waals surface area contributed by atoms with Crippen LogP contribution in [0.15, 0.2) is 24.3 Å². The number of rotatable bonds is 8. The van der Waals surface area contributed by atoms with Crippen LogP contribution < -0.4 is 11.3 Å². The monoisotopic (exact) mass is 238 g/mol. The van der Waals surface area contributed by atoms with Crippen LogP contribution >= 0.6 is 0 Å². The van der Waals surface area contributed by atoms with Crippen LogP contribution in [0.5, 0.6) is 0 Å². The molecule has 0 aliphatic rings. The zero-order valence-electron chi connectivity index (χ0n) is 10.6. The fourth-order valence-electron chi connectivity index (χ4n) is 1.66. The number of nitrogens with one attached hydrogen (secondary N) is 1. The third-order valence-electron chi connectivity index (χ3n) is 2.55. The normalized spacial score (nSPS) is 12.6. The van der Waals surface area contributed by atoms with Gasteiger partial charge in [0.15, 0.2) is 0 Å². The first-order valence-electron chi connectivity index (χ1n) is 5.84. The fourth-order valence-corrected chi connectivity index (χ4v) is 1.66. The van der Waals surface area contributed by atoms with Crippen LogP contribution in [-0.2, 0) is 15.9 Å². The summed E-state index contributed by atoms with van der Waals surface area (Å²) in [5, 5.41) is 0. The van der Waals surface area contributed by atoms with E-state index in [9.17, 15) is 0 Å². The van der Waals surface area contributed by atoms with Gasteiger partial charge in [0.1, 0.15) is 0 Å². The molecule has 0 aliphatic carbocycles. The van der Waals surface area contributed by atoms with Gasteiger partial charge in [0.2, 0.25) is 0 Å². The number of hydrazine groups is 1. The third kappa shape index (κ3) is 5.79. The lowest BCUT2D eigenvalue weighted by Gasteiger charge is -2.16. The molecule has 0 aromatic heterocycles.